The van der Waals surface area contributed by atoms with Crippen molar-refractivity contribution in [1.82, 2.24) is 14.8 Å². The van der Waals surface area contributed by atoms with Gasteiger partial charge in [0.1, 0.15) is 0 Å². The summed E-state index contributed by atoms with van der Waals surface area (Å²) in [5.41, 5.74) is 6.77. The first-order valence-corrected chi connectivity index (χ1v) is 10.4. The Morgan fingerprint density at radius 1 is 0.935 bits per heavy atom. The van der Waals surface area contributed by atoms with Crippen molar-refractivity contribution in [3.05, 3.63) is 93.8 Å². The molecule has 0 aliphatic carbocycles. The minimum Gasteiger partial charge on any atom is -0.319 e. The maximum absolute atomic E-state index is 13.0. The molecule has 0 atom stereocenters. The number of rotatable bonds is 4. The van der Waals surface area contributed by atoms with Gasteiger partial charge in [0.25, 0.3) is 5.91 Å². The smallest absolute Gasteiger partial charge is 0.295 e. The van der Waals surface area contributed by atoms with Gasteiger partial charge in [-0.1, -0.05) is 41.4 Å². The van der Waals surface area contributed by atoms with Crippen molar-refractivity contribution in [2.75, 3.05) is 5.32 Å². The van der Waals surface area contributed by atoms with Crippen LogP contribution in [0, 0.1) is 27.7 Å². The molecular formula is C25H23ClN4O. The van der Waals surface area contributed by atoms with Gasteiger partial charge in [-0.15, -0.1) is 5.10 Å². The maximum Gasteiger partial charge on any atom is 0.295 e. The Morgan fingerprint density at radius 3 is 2.39 bits per heavy atom. The number of carbonyl (C=O) groups is 1. The van der Waals surface area contributed by atoms with E-state index in [0.717, 1.165) is 39.2 Å². The molecule has 1 aromatic heterocycles. The molecule has 0 radical (unpaired) electrons. The first kappa shape index (κ1) is 20.8. The van der Waals surface area contributed by atoms with Crippen molar-refractivity contribution in [3.8, 4) is 17.1 Å². The molecule has 0 saturated carbocycles. The van der Waals surface area contributed by atoms with Crippen LogP contribution >= 0.6 is 11.6 Å². The fourth-order valence-corrected chi connectivity index (χ4v) is 3.59. The molecule has 6 heteroatoms. The first-order valence-electron chi connectivity index (χ1n) is 10.0. The third kappa shape index (κ3) is 4.23. The predicted octanol–water partition coefficient (Wildman–Crippen LogP) is 6.07. The standard InChI is InChI=1S/C25H23ClN4O/c1-15-8-13-21(17(3)14-15)27-25(31)23-28-24(19-9-11-20(26)12-10-19)30(29-23)22-7-5-6-16(2)18(22)4/h5-14H,1-4H3,(H,27,31). The van der Waals surface area contributed by atoms with Crippen LogP contribution in [0.5, 0.6) is 0 Å². The van der Waals surface area contributed by atoms with Gasteiger partial charge in [-0.25, -0.2) is 9.67 Å². The van der Waals surface area contributed by atoms with Gasteiger partial charge in [0, 0.05) is 16.3 Å². The fraction of sp³-hybridized carbons (Fsp3) is 0.160. The predicted molar refractivity (Wildman–Crippen MR) is 125 cm³/mol. The monoisotopic (exact) mass is 430 g/mol. The Bertz CT molecular complexity index is 1280. The van der Waals surface area contributed by atoms with Crippen LogP contribution < -0.4 is 5.32 Å². The van der Waals surface area contributed by atoms with E-state index in [0.29, 0.717) is 10.8 Å². The van der Waals surface area contributed by atoms with Crippen molar-refractivity contribution in [2.45, 2.75) is 27.7 Å². The van der Waals surface area contributed by atoms with Gasteiger partial charge in [0.2, 0.25) is 5.82 Å². The SMILES string of the molecule is Cc1ccc(NC(=O)c2nc(-c3ccc(Cl)cc3)n(-c3cccc(C)c3C)n2)c(C)c1. The van der Waals surface area contributed by atoms with E-state index in [9.17, 15) is 4.79 Å². The summed E-state index contributed by atoms with van der Waals surface area (Å²) < 4.78 is 1.72. The molecule has 0 spiro atoms. The van der Waals surface area contributed by atoms with Crippen LogP contribution in [0.1, 0.15) is 32.9 Å². The van der Waals surface area contributed by atoms with Gasteiger partial charge < -0.3 is 5.32 Å². The lowest BCUT2D eigenvalue weighted by Crippen LogP contribution is -2.15. The van der Waals surface area contributed by atoms with Crippen molar-refractivity contribution < 1.29 is 4.79 Å². The number of nitrogens with zero attached hydrogens (tertiary/aromatic N) is 3. The molecule has 0 fully saturated rings. The van der Waals surface area contributed by atoms with E-state index in [1.807, 2.05) is 76.2 Å². The van der Waals surface area contributed by atoms with Crippen molar-refractivity contribution >= 4 is 23.2 Å². The molecule has 1 heterocycles. The van der Waals surface area contributed by atoms with E-state index in [4.69, 9.17) is 11.6 Å². The molecular weight excluding hydrogens is 408 g/mol. The zero-order valence-corrected chi connectivity index (χ0v) is 18.7. The Labute approximate surface area is 186 Å². The van der Waals surface area contributed by atoms with Crippen molar-refractivity contribution in [3.63, 3.8) is 0 Å². The van der Waals surface area contributed by atoms with E-state index < -0.39 is 0 Å². The molecule has 0 aliphatic heterocycles. The summed E-state index contributed by atoms with van der Waals surface area (Å²) in [6, 6.07) is 19.2. The Hall–Kier alpha value is -3.44. The van der Waals surface area contributed by atoms with Gasteiger partial charge in [-0.3, -0.25) is 4.79 Å². The topological polar surface area (TPSA) is 59.8 Å². The van der Waals surface area contributed by atoms with Crippen molar-refractivity contribution in [2.24, 2.45) is 0 Å². The number of aromatic nitrogens is 3. The van der Waals surface area contributed by atoms with Crippen molar-refractivity contribution in [1.29, 1.82) is 0 Å². The highest BCUT2D eigenvalue weighted by Gasteiger charge is 2.20. The van der Waals surface area contributed by atoms with E-state index in [1.165, 1.54) is 0 Å². The molecule has 1 amide bonds. The molecule has 5 nitrogen and oxygen atoms in total. The van der Waals surface area contributed by atoms with Crippen LogP contribution in [0.3, 0.4) is 0 Å². The fourth-order valence-electron chi connectivity index (χ4n) is 3.46. The number of aryl methyl sites for hydroxylation is 3. The highest BCUT2D eigenvalue weighted by molar-refractivity contribution is 6.30. The number of hydrogen-bond donors (Lipinski definition) is 1. The Balaban J connectivity index is 1.80. The number of anilines is 1. The Kier molecular flexibility index (Phi) is 5.61. The van der Waals surface area contributed by atoms with Crippen LogP contribution in [-0.2, 0) is 0 Å². The molecule has 0 aliphatic rings. The lowest BCUT2D eigenvalue weighted by atomic mass is 10.1. The van der Waals surface area contributed by atoms with Gasteiger partial charge in [0.05, 0.1) is 5.69 Å². The number of nitrogens with one attached hydrogen (secondary N) is 1. The van der Waals surface area contributed by atoms with Gasteiger partial charge >= 0.3 is 0 Å². The van der Waals surface area contributed by atoms with Gasteiger partial charge in [0.15, 0.2) is 5.82 Å². The second-order valence-electron chi connectivity index (χ2n) is 7.67. The zero-order valence-electron chi connectivity index (χ0n) is 17.9. The Morgan fingerprint density at radius 2 is 1.68 bits per heavy atom. The summed E-state index contributed by atoms with van der Waals surface area (Å²) in [5, 5.41) is 8.15. The molecule has 156 valence electrons. The summed E-state index contributed by atoms with van der Waals surface area (Å²) in [4.78, 5) is 17.6. The number of benzene rings is 3. The third-order valence-electron chi connectivity index (χ3n) is 5.35. The first-order chi connectivity index (χ1) is 14.8. The number of carbonyl (C=O) groups excluding carboxylic acids is 1. The summed E-state index contributed by atoms with van der Waals surface area (Å²) in [5.74, 6) is 0.327. The normalized spacial score (nSPS) is 10.9. The van der Waals surface area contributed by atoms with Gasteiger partial charge in [-0.05, 0) is 80.8 Å². The lowest BCUT2D eigenvalue weighted by molar-refractivity contribution is 0.101. The second kappa shape index (κ2) is 8.36. The van der Waals surface area contributed by atoms with Crippen LogP contribution in [0.2, 0.25) is 5.02 Å². The molecule has 4 rings (SSSR count). The molecule has 0 saturated heterocycles. The summed E-state index contributed by atoms with van der Waals surface area (Å²) in [6.07, 6.45) is 0. The van der Waals surface area contributed by atoms with Crippen LogP contribution in [0.15, 0.2) is 60.7 Å². The van der Waals surface area contributed by atoms with Crippen LogP contribution in [0.25, 0.3) is 17.1 Å². The van der Waals surface area contributed by atoms with E-state index in [2.05, 4.69) is 15.4 Å². The summed E-state index contributed by atoms with van der Waals surface area (Å²) in [7, 11) is 0. The number of hydrogen-bond acceptors (Lipinski definition) is 3. The molecule has 31 heavy (non-hydrogen) atoms. The minimum atomic E-state index is -0.355. The van der Waals surface area contributed by atoms with E-state index >= 15 is 0 Å². The maximum atomic E-state index is 13.0. The van der Waals surface area contributed by atoms with Crippen LogP contribution in [0.4, 0.5) is 5.69 Å². The minimum absolute atomic E-state index is 0.103. The third-order valence-corrected chi connectivity index (χ3v) is 5.60. The largest absolute Gasteiger partial charge is 0.319 e. The highest BCUT2D eigenvalue weighted by Crippen LogP contribution is 2.26. The summed E-state index contributed by atoms with van der Waals surface area (Å²) >= 11 is 6.07. The van der Waals surface area contributed by atoms with Gasteiger partial charge in [-0.2, -0.15) is 0 Å². The molecule has 1 N–H and O–H groups in total. The van der Waals surface area contributed by atoms with E-state index in [1.54, 1.807) is 16.8 Å². The number of halogens is 1. The summed E-state index contributed by atoms with van der Waals surface area (Å²) in [6.45, 7) is 8.06. The number of amides is 1. The lowest BCUT2D eigenvalue weighted by Gasteiger charge is -2.11. The molecule has 3 aromatic carbocycles. The molecule has 0 unspecified atom stereocenters. The molecule has 0 bridgehead atoms. The van der Waals surface area contributed by atoms with Crippen LogP contribution in [-0.4, -0.2) is 20.7 Å². The van der Waals surface area contributed by atoms with E-state index in [-0.39, 0.29) is 11.7 Å². The highest BCUT2D eigenvalue weighted by atomic mass is 35.5. The second-order valence-corrected chi connectivity index (χ2v) is 8.11. The average molecular weight is 431 g/mol. The average Bonchev–Trinajstić information content (AvgIpc) is 3.18. The zero-order chi connectivity index (χ0) is 22.1. The quantitative estimate of drug-likeness (QED) is 0.427. The molecule has 4 aromatic rings.